The van der Waals surface area contributed by atoms with Crippen LogP contribution in [-0.2, 0) is 11.4 Å². The van der Waals surface area contributed by atoms with Gasteiger partial charge in [-0.2, -0.15) is 0 Å². The summed E-state index contributed by atoms with van der Waals surface area (Å²) < 4.78 is 6.06. The maximum atomic E-state index is 12.6. The van der Waals surface area contributed by atoms with E-state index in [1.807, 2.05) is 65.2 Å². The predicted octanol–water partition coefficient (Wildman–Crippen LogP) is 4.96. The van der Waals surface area contributed by atoms with E-state index in [2.05, 4.69) is 17.0 Å². The van der Waals surface area contributed by atoms with Gasteiger partial charge < -0.3 is 14.7 Å². The number of carboxylic acids is 1. The molecule has 2 aliphatic heterocycles. The molecule has 6 nitrogen and oxygen atoms in total. The molecule has 2 aliphatic rings. The number of hydrogen-bond donors (Lipinski definition) is 1. The molecule has 0 bridgehead atoms. The van der Waals surface area contributed by atoms with Gasteiger partial charge in [0.2, 0.25) is 5.91 Å². The van der Waals surface area contributed by atoms with Gasteiger partial charge in [-0.1, -0.05) is 54.6 Å². The van der Waals surface area contributed by atoms with Crippen LogP contribution in [0.4, 0.5) is 0 Å². The zero-order valence-electron chi connectivity index (χ0n) is 20.6. The van der Waals surface area contributed by atoms with Crippen molar-refractivity contribution in [3.63, 3.8) is 0 Å². The average Bonchev–Trinajstić information content (AvgIpc) is 3.09. The highest BCUT2D eigenvalue weighted by molar-refractivity contribution is 7.99. The second-order valence-electron chi connectivity index (χ2n) is 9.21. The van der Waals surface area contributed by atoms with Crippen LogP contribution in [0.1, 0.15) is 37.9 Å². The molecule has 3 aromatic rings. The van der Waals surface area contributed by atoms with Crippen LogP contribution in [0.2, 0.25) is 0 Å². The van der Waals surface area contributed by atoms with Crippen LogP contribution >= 0.6 is 11.8 Å². The molecule has 7 heteroatoms. The van der Waals surface area contributed by atoms with Crippen molar-refractivity contribution >= 4 is 29.7 Å². The fraction of sp³-hybridized carbons (Fsp3) is 0.267. The molecule has 0 spiro atoms. The lowest BCUT2D eigenvalue weighted by atomic mass is 9.98. The SMILES string of the molecule is O=C(O)c1ccc2c(c1)C(SCCN1CCN(C(=O)/C=C/c3ccccc3)CC1)c1ccccc1CO2. The zero-order valence-corrected chi connectivity index (χ0v) is 21.4. The van der Waals surface area contributed by atoms with Crippen LogP contribution in [0, 0.1) is 0 Å². The van der Waals surface area contributed by atoms with Crippen molar-refractivity contribution in [2.75, 3.05) is 38.5 Å². The minimum absolute atomic E-state index is 0.000935. The number of thioether (sulfide) groups is 1. The van der Waals surface area contributed by atoms with Crippen LogP contribution in [0.5, 0.6) is 5.75 Å². The summed E-state index contributed by atoms with van der Waals surface area (Å²) in [5, 5.41) is 9.55. The van der Waals surface area contributed by atoms with E-state index >= 15 is 0 Å². The summed E-state index contributed by atoms with van der Waals surface area (Å²) in [5.41, 5.74) is 4.51. The van der Waals surface area contributed by atoms with Crippen molar-refractivity contribution in [3.05, 3.63) is 107 Å². The lowest BCUT2D eigenvalue weighted by Crippen LogP contribution is -2.48. The third kappa shape index (κ3) is 6.06. The van der Waals surface area contributed by atoms with Gasteiger partial charge in [0.05, 0.1) is 10.8 Å². The summed E-state index contributed by atoms with van der Waals surface area (Å²) in [6.45, 7) is 4.49. The number of amides is 1. The molecule has 0 radical (unpaired) electrons. The Morgan fingerprint density at radius 2 is 1.70 bits per heavy atom. The number of nitrogens with zero attached hydrogens (tertiary/aromatic N) is 2. The molecule has 190 valence electrons. The molecule has 1 amide bonds. The van der Waals surface area contributed by atoms with E-state index < -0.39 is 5.97 Å². The molecular weight excluding hydrogens is 484 g/mol. The Balaban J connectivity index is 1.20. The van der Waals surface area contributed by atoms with Crippen molar-refractivity contribution in [3.8, 4) is 5.75 Å². The normalized spacial score (nSPS) is 17.5. The third-order valence-corrected chi connectivity index (χ3v) is 8.11. The Bertz CT molecular complexity index is 1290. The van der Waals surface area contributed by atoms with Crippen molar-refractivity contribution in [1.82, 2.24) is 9.80 Å². The topological polar surface area (TPSA) is 70.1 Å². The summed E-state index contributed by atoms with van der Waals surface area (Å²) in [4.78, 5) is 28.6. The van der Waals surface area contributed by atoms with Gasteiger partial charge in [-0.3, -0.25) is 9.69 Å². The molecule has 1 atom stereocenters. The Hall–Kier alpha value is -3.55. The summed E-state index contributed by atoms with van der Waals surface area (Å²) in [5.74, 6) is 0.751. The van der Waals surface area contributed by atoms with E-state index in [-0.39, 0.29) is 16.7 Å². The lowest BCUT2D eigenvalue weighted by Gasteiger charge is -2.34. The Kier molecular flexibility index (Phi) is 7.92. The second-order valence-corrected chi connectivity index (χ2v) is 10.4. The first kappa shape index (κ1) is 25.1. The Morgan fingerprint density at radius 1 is 0.946 bits per heavy atom. The zero-order chi connectivity index (χ0) is 25.6. The van der Waals surface area contributed by atoms with E-state index in [1.165, 1.54) is 5.56 Å². The Labute approximate surface area is 221 Å². The van der Waals surface area contributed by atoms with Gasteiger partial charge in [0, 0.05) is 50.1 Å². The summed E-state index contributed by atoms with van der Waals surface area (Å²) >= 11 is 1.82. The van der Waals surface area contributed by atoms with Gasteiger partial charge in [0.15, 0.2) is 0 Å². The fourth-order valence-electron chi connectivity index (χ4n) is 4.77. The number of hydrogen-bond acceptors (Lipinski definition) is 5. The molecule has 1 saturated heterocycles. The number of benzene rings is 3. The average molecular weight is 515 g/mol. The highest BCUT2D eigenvalue weighted by Gasteiger charge is 2.27. The third-order valence-electron chi connectivity index (χ3n) is 6.85. The van der Waals surface area contributed by atoms with Crippen molar-refractivity contribution in [1.29, 1.82) is 0 Å². The van der Waals surface area contributed by atoms with Crippen LogP contribution in [0.3, 0.4) is 0 Å². The van der Waals surface area contributed by atoms with Crippen molar-refractivity contribution in [2.45, 2.75) is 11.9 Å². The molecule has 1 fully saturated rings. The fourth-order valence-corrected chi connectivity index (χ4v) is 6.14. The minimum atomic E-state index is -0.935. The lowest BCUT2D eigenvalue weighted by molar-refractivity contribution is -0.127. The van der Waals surface area contributed by atoms with Gasteiger partial charge in [-0.05, 0) is 41.0 Å². The van der Waals surface area contributed by atoms with Crippen LogP contribution in [0.15, 0.2) is 78.9 Å². The largest absolute Gasteiger partial charge is 0.489 e. The van der Waals surface area contributed by atoms with E-state index in [0.29, 0.717) is 19.7 Å². The highest BCUT2D eigenvalue weighted by Crippen LogP contribution is 2.44. The van der Waals surface area contributed by atoms with Crippen molar-refractivity contribution in [2.24, 2.45) is 0 Å². The second kappa shape index (κ2) is 11.7. The first-order chi connectivity index (χ1) is 18.1. The number of carbonyl (C=O) groups excluding carboxylic acids is 1. The number of carbonyl (C=O) groups is 2. The standard InChI is InChI=1S/C30H30N2O4S/c33-28(13-10-22-6-2-1-3-7-22)32-16-14-31(15-17-32)18-19-37-29-25-9-5-4-8-24(25)21-36-27-12-11-23(30(34)35)20-26(27)29/h1-13,20,29H,14-19,21H2,(H,34,35)/b13-10+. The van der Waals surface area contributed by atoms with E-state index in [0.717, 1.165) is 47.8 Å². The van der Waals surface area contributed by atoms with Crippen LogP contribution < -0.4 is 4.74 Å². The number of ether oxygens (including phenoxy) is 1. The highest BCUT2D eigenvalue weighted by atomic mass is 32.2. The molecule has 0 aromatic heterocycles. The summed E-state index contributed by atoms with van der Waals surface area (Å²) in [7, 11) is 0. The quantitative estimate of drug-likeness (QED) is 0.450. The molecule has 5 rings (SSSR count). The maximum Gasteiger partial charge on any atom is 0.335 e. The molecule has 1 N–H and O–H groups in total. The number of aromatic carboxylic acids is 1. The van der Waals surface area contributed by atoms with Crippen LogP contribution in [-0.4, -0.2) is 65.3 Å². The number of rotatable bonds is 7. The van der Waals surface area contributed by atoms with E-state index in [1.54, 1.807) is 24.3 Å². The number of fused-ring (bicyclic) bond motifs is 2. The summed E-state index contributed by atoms with van der Waals surface area (Å²) in [6, 6.07) is 23.2. The molecule has 0 saturated carbocycles. The smallest absolute Gasteiger partial charge is 0.335 e. The number of piperazine rings is 1. The van der Waals surface area contributed by atoms with Crippen molar-refractivity contribution < 1.29 is 19.4 Å². The molecule has 2 heterocycles. The van der Waals surface area contributed by atoms with Gasteiger partial charge in [0.1, 0.15) is 12.4 Å². The summed E-state index contributed by atoms with van der Waals surface area (Å²) in [6.07, 6.45) is 3.53. The first-order valence-electron chi connectivity index (χ1n) is 12.5. The maximum absolute atomic E-state index is 12.6. The van der Waals surface area contributed by atoms with E-state index in [4.69, 9.17) is 4.74 Å². The number of carboxylic acid groups (broad SMARTS) is 1. The predicted molar refractivity (Wildman–Crippen MR) is 147 cm³/mol. The van der Waals surface area contributed by atoms with Gasteiger partial charge in [-0.15, -0.1) is 11.8 Å². The molecule has 0 aliphatic carbocycles. The molecule has 3 aromatic carbocycles. The molecular formula is C30H30N2O4S. The Morgan fingerprint density at radius 3 is 2.49 bits per heavy atom. The van der Waals surface area contributed by atoms with Gasteiger partial charge in [-0.25, -0.2) is 4.79 Å². The molecule has 1 unspecified atom stereocenters. The van der Waals surface area contributed by atoms with Gasteiger partial charge in [0.25, 0.3) is 0 Å². The van der Waals surface area contributed by atoms with Gasteiger partial charge >= 0.3 is 5.97 Å². The van der Waals surface area contributed by atoms with Crippen LogP contribution in [0.25, 0.3) is 6.08 Å². The minimum Gasteiger partial charge on any atom is -0.489 e. The first-order valence-corrected chi connectivity index (χ1v) is 13.6. The monoisotopic (exact) mass is 514 g/mol. The molecule has 37 heavy (non-hydrogen) atoms. The van der Waals surface area contributed by atoms with E-state index in [9.17, 15) is 14.7 Å².